The molecule has 2 heterocycles. The van der Waals surface area contributed by atoms with Crippen LogP contribution in [0.25, 0.3) is 11.0 Å². The number of aryl methyl sites for hydroxylation is 2. The number of hydrogen-bond acceptors (Lipinski definition) is 5. The second-order valence-electron chi connectivity index (χ2n) is 5.33. The van der Waals surface area contributed by atoms with Crippen LogP contribution in [0, 0.1) is 6.92 Å². The molecule has 1 amide bonds. The fraction of sp³-hybridized carbons (Fsp3) is 0.571. The molecule has 8 heteroatoms. The van der Waals surface area contributed by atoms with Gasteiger partial charge in [0.2, 0.25) is 5.91 Å². The summed E-state index contributed by atoms with van der Waals surface area (Å²) < 4.78 is 8.16. The Morgan fingerprint density at radius 1 is 1.41 bits per heavy atom. The third kappa shape index (κ3) is 3.26. The summed E-state index contributed by atoms with van der Waals surface area (Å²) in [5.74, 6) is -0.688. The molecule has 2 aromatic heterocycles. The van der Waals surface area contributed by atoms with Crippen LogP contribution in [0.2, 0.25) is 0 Å². The molecule has 1 N–H and O–H groups in total. The molecule has 0 aliphatic rings. The summed E-state index contributed by atoms with van der Waals surface area (Å²) in [5.41, 5.74) is 2.79. The number of nitrogens with one attached hydrogen (secondary N) is 1. The molecule has 120 valence electrons. The zero-order valence-electron chi connectivity index (χ0n) is 13.3. The van der Waals surface area contributed by atoms with E-state index in [1.165, 1.54) is 7.11 Å². The van der Waals surface area contributed by atoms with Crippen molar-refractivity contribution in [2.24, 2.45) is 0 Å². The van der Waals surface area contributed by atoms with Gasteiger partial charge in [-0.2, -0.15) is 10.2 Å². The average molecular weight is 307 g/mol. The van der Waals surface area contributed by atoms with Crippen LogP contribution in [0.3, 0.4) is 0 Å². The van der Waals surface area contributed by atoms with Crippen LogP contribution in [0.15, 0.2) is 6.20 Å². The number of ether oxygens (including phenoxy) is 1. The smallest absolute Gasteiger partial charge is 0.325 e. The molecule has 22 heavy (non-hydrogen) atoms. The Labute approximate surface area is 128 Å². The molecule has 0 saturated heterocycles. The molecular weight excluding hydrogens is 286 g/mol. The van der Waals surface area contributed by atoms with E-state index in [1.54, 1.807) is 10.9 Å². The Morgan fingerprint density at radius 2 is 2.14 bits per heavy atom. The number of aromatic nitrogens is 4. The molecule has 0 bridgehead atoms. The molecule has 0 aliphatic carbocycles. The zero-order chi connectivity index (χ0) is 16.3. The van der Waals surface area contributed by atoms with E-state index in [0.29, 0.717) is 6.54 Å². The quantitative estimate of drug-likeness (QED) is 0.797. The number of methoxy groups -OCH3 is 1. The molecule has 2 rings (SSSR count). The van der Waals surface area contributed by atoms with Crippen LogP contribution in [0.1, 0.15) is 32.0 Å². The predicted octanol–water partition coefficient (Wildman–Crippen LogP) is 0.801. The third-order valence-electron chi connectivity index (χ3n) is 3.36. The number of fused-ring (bicyclic) bond motifs is 1. The van der Waals surface area contributed by atoms with E-state index in [1.807, 2.05) is 11.6 Å². The van der Waals surface area contributed by atoms with Gasteiger partial charge in [0, 0.05) is 12.5 Å². The van der Waals surface area contributed by atoms with Crippen LogP contribution in [0.4, 0.5) is 0 Å². The van der Waals surface area contributed by atoms with Crippen molar-refractivity contribution in [3.05, 3.63) is 11.9 Å². The minimum atomic E-state index is -0.469. The minimum Gasteiger partial charge on any atom is -0.468 e. The first kappa shape index (κ1) is 16.0. The normalized spacial score (nSPS) is 11.1. The molecule has 0 unspecified atom stereocenters. The summed E-state index contributed by atoms with van der Waals surface area (Å²) in [7, 11) is 1.28. The SMILES string of the molecule is COC(=O)CNC(=O)CCn1ncc2c1c(C)nn2C(C)C. The summed E-state index contributed by atoms with van der Waals surface area (Å²) in [6.07, 6.45) is 2.00. The lowest BCUT2D eigenvalue weighted by molar-refractivity contribution is -0.141. The molecular formula is C14H21N5O3. The van der Waals surface area contributed by atoms with Gasteiger partial charge in [-0.25, -0.2) is 0 Å². The van der Waals surface area contributed by atoms with Gasteiger partial charge in [0.05, 0.1) is 25.5 Å². The predicted molar refractivity (Wildman–Crippen MR) is 80.3 cm³/mol. The maximum absolute atomic E-state index is 11.7. The van der Waals surface area contributed by atoms with Gasteiger partial charge in [-0.05, 0) is 20.8 Å². The lowest BCUT2D eigenvalue weighted by Gasteiger charge is -2.05. The third-order valence-corrected chi connectivity index (χ3v) is 3.36. The fourth-order valence-corrected chi connectivity index (χ4v) is 2.28. The van der Waals surface area contributed by atoms with E-state index >= 15 is 0 Å². The monoisotopic (exact) mass is 307 g/mol. The highest BCUT2D eigenvalue weighted by atomic mass is 16.5. The summed E-state index contributed by atoms with van der Waals surface area (Å²) in [6, 6.07) is 0.247. The van der Waals surface area contributed by atoms with Gasteiger partial charge in [-0.1, -0.05) is 0 Å². The molecule has 8 nitrogen and oxygen atoms in total. The summed E-state index contributed by atoms with van der Waals surface area (Å²) in [5, 5.41) is 11.3. The molecule has 2 aromatic rings. The Morgan fingerprint density at radius 3 is 2.77 bits per heavy atom. The summed E-state index contributed by atoms with van der Waals surface area (Å²) >= 11 is 0. The van der Waals surface area contributed by atoms with Crippen LogP contribution in [0.5, 0.6) is 0 Å². The first-order valence-electron chi connectivity index (χ1n) is 7.18. The number of carbonyl (C=O) groups excluding carboxylic acids is 2. The number of carbonyl (C=O) groups is 2. The van der Waals surface area contributed by atoms with Crippen molar-refractivity contribution < 1.29 is 14.3 Å². The maximum atomic E-state index is 11.7. The highest BCUT2D eigenvalue weighted by Crippen LogP contribution is 2.21. The standard InChI is InChI=1S/C14H21N5O3/c1-9(2)19-11-7-16-18(14(11)10(3)17-19)6-5-12(20)15-8-13(21)22-4/h7,9H,5-6,8H2,1-4H3,(H,15,20). The highest BCUT2D eigenvalue weighted by Gasteiger charge is 2.15. The van der Waals surface area contributed by atoms with Gasteiger partial charge in [0.25, 0.3) is 0 Å². The van der Waals surface area contributed by atoms with Gasteiger partial charge in [-0.15, -0.1) is 0 Å². The molecule has 0 saturated carbocycles. The van der Waals surface area contributed by atoms with Gasteiger partial charge >= 0.3 is 5.97 Å². The van der Waals surface area contributed by atoms with Crippen LogP contribution in [-0.4, -0.2) is 45.1 Å². The summed E-state index contributed by atoms with van der Waals surface area (Å²) in [4.78, 5) is 22.7. The fourth-order valence-electron chi connectivity index (χ4n) is 2.28. The van der Waals surface area contributed by atoms with E-state index in [9.17, 15) is 9.59 Å². The van der Waals surface area contributed by atoms with E-state index in [2.05, 4.69) is 34.1 Å². The van der Waals surface area contributed by atoms with Gasteiger partial charge in [0.1, 0.15) is 17.6 Å². The van der Waals surface area contributed by atoms with Crippen molar-refractivity contribution in [3.8, 4) is 0 Å². The molecule has 0 radical (unpaired) electrons. The van der Waals surface area contributed by atoms with Crippen molar-refractivity contribution in [1.29, 1.82) is 0 Å². The van der Waals surface area contributed by atoms with Crippen molar-refractivity contribution >= 4 is 22.9 Å². The first-order chi connectivity index (χ1) is 10.4. The Bertz CT molecular complexity index is 686. The molecule has 0 fully saturated rings. The van der Waals surface area contributed by atoms with Crippen molar-refractivity contribution in [1.82, 2.24) is 24.9 Å². The summed E-state index contributed by atoms with van der Waals surface area (Å²) in [6.45, 7) is 6.36. The van der Waals surface area contributed by atoms with E-state index < -0.39 is 5.97 Å². The second-order valence-corrected chi connectivity index (χ2v) is 5.33. The van der Waals surface area contributed by atoms with E-state index in [-0.39, 0.29) is 24.9 Å². The van der Waals surface area contributed by atoms with Crippen molar-refractivity contribution in [3.63, 3.8) is 0 Å². The topological polar surface area (TPSA) is 91.0 Å². The van der Waals surface area contributed by atoms with E-state index in [4.69, 9.17) is 0 Å². The molecule has 0 atom stereocenters. The highest BCUT2D eigenvalue weighted by molar-refractivity contribution is 5.82. The lowest BCUT2D eigenvalue weighted by Crippen LogP contribution is -2.30. The number of hydrogen-bond donors (Lipinski definition) is 1. The van der Waals surface area contributed by atoms with Gasteiger partial charge in [0.15, 0.2) is 0 Å². The average Bonchev–Trinajstić information content (AvgIpc) is 3.04. The molecule has 0 aromatic carbocycles. The van der Waals surface area contributed by atoms with Crippen molar-refractivity contribution in [2.45, 2.75) is 39.8 Å². The second kappa shape index (κ2) is 6.59. The number of amides is 1. The Hall–Kier alpha value is -2.38. The molecule has 0 spiro atoms. The maximum Gasteiger partial charge on any atom is 0.325 e. The zero-order valence-corrected chi connectivity index (χ0v) is 13.3. The lowest BCUT2D eigenvalue weighted by atomic mass is 10.3. The largest absolute Gasteiger partial charge is 0.468 e. The number of nitrogens with zero attached hydrogens (tertiary/aromatic N) is 4. The Balaban J connectivity index is 2.03. The number of rotatable bonds is 6. The van der Waals surface area contributed by atoms with Crippen molar-refractivity contribution in [2.75, 3.05) is 13.7 Å². The van der Waals surface area contributed by atoms with E-state index in [0.717, 1.165) is 16.7 Å². The molecule has 0 aliphatic heterocycles. The minimum absolute atomic E-state index is 0.117. The van der Waals surface area contributed by atoms with Gasteiger partial charge < -0.3 is 10.1 Å². The number of esters is 1. The van der Waals surface area contributed by atoms with Crippen LogP contribution >= 0.6 is 0 Å². The van der Waals surface area contributed by atoms with Gasteiger partial charge in [-0.3, -0.25) is 19.0 Å². The van der Waals surface area contributed by atoms with Crippen LogP contribution < -0.4 is 5.32 Å². The van der Waals surface area contributed by atoms with Crippen LogP contribution in [-0.2, 0) is 20.9 Å². The Kier molecular flexibility index (Phi) is 4.79. The first-order valence-corrected chi connectivity index (χ1v) is 7.18.